The van der Waals surface area contributed by atoms with Crippen LogP contribution in [0.15, 0.2) is 99.9 Å². The Kier molecular flexibility index (Phi) is 9.01. The van der Waals surface area contributed by atoms with Crippen molar-refractivity contribution >= 4 is 35.0 Å². The van der Waals surface area contributed by atoms with E-state index in [-0.39, 0.29) is 24.7 Å². The fourth-order valence-electron chi connectivity index (χ4n) is 4.85. The molecule has 0 fully saturated rings. The van der Waals surface area contributed by atoms with Crippen LogP contribution < -0.4 is 24.9 Å². The first kappa shape index (κ1) is 29.7. The standard InChI is InChI=1S/C34H33N3O5S/c1-5-41-33(40)30-22(4)35-34-37(31(30)25-15-13-24(14-16-25)21(2)3)32(39)28(43-34)19-23-11-17-27(18-12-23)42-20-29(38)36-26-9-7-6-8-10-26/h6-19,21,31H,5,20H2,1-4H3,(H,36,38). The molecular formula is C34H33N3O5S. The van der Waals surface area contributed by atoms with Crippen LogP contribution in [0.4, 0.5) is 5.69 Å². The van der Waals surface area contributed by atoms with Crippen molar-refractivity contribution in [2.75, 3.05) is 18.5 Å². The van der Waals surface area contributed by atoms with E-state index in [4.69, 9.17) is 9.47 Å². The Balaban J connectivity index is 1.43. The van der Waals surface area contributed by atoms with Gasteiger partial charge in [0.25, 0.3) is 11.5 Å². The first-order valence-corrected chi connectivity index (χ1v) is 14.9. The van der Waals surface area contributed by atoms with Crippen LogP contribution in [0, 0.1) is 0 Å². The molecule has 4 aromatic rings. The van der Waals surface area contributed by atoms with Gasteiger partial charge in [0, 0.05) is 5.69 Å². The molecule has 5 rings (SSSR count). The van der Waals surface area contributed by atoms with Gasteiger partial charge < -0.3 is 14.8 Å². The molecule has 0 saturated heterocycles. The number of carbonyl (C=O) groups is 2. The van der Waals surface area contributed by atoms with Crippen LogP contribution in [0.5, 0.6) is 5.75 Å². The molecule has 2 heterocycles. The first-order valence-electron chi connectivity index (χ1n) is 14.1. The molecule has 0 saturated carbocycles. The van der Waals surface area contributed by atoms with E-state index < -0.39 is 12.0 Å². The highest BCUT2D eigenvalue weighted by Crippen LogP contribution is 2.31. The van der Waals surface area contributed by atoms with Gasteiger partial charge >= 0.3 is 5.97 Å². The van der Waals surface area contributed by atoms with Gasteiger partial charge in [-0.15, -0.1) is 0 Å². The molecule has 1 atom stereocenters. The number of thiazole rings is 1. The fraction of sp³-hybridized carbons (Fsp3) is 0.235. The molecule has 0 bridgehead atoms. The number of aromatic nitrogens is 1. The van der Waals surface area contributed by atoms with Crippen molar-refractivity contribution in [1.82, 2.24) is 4.57 Å². The highest BCUT2D eigenvalue weighted by atomic mass is 32.1. The summed E-state index contributed by atoms with van der Waals surface area (Å²) in [7, 11) is 0. The normalized spacial score (nSPS) is 14.7. The SMILES string of the molecule is CCOC(=O)C1=C(C)N=c2sc(=Cc3ccc(OCC(=O)Nc4ccccc4)cc3)c(=O)n2C1c1ccc(C(C)C)cc1. The molecule has 0 radical (unpaired) electrons. The average Bonchev–Trinajstić information content (AvgIpc) is 3.30. The monoisotopic (exact) mass is 595 g/mol. The van der Waals surface area contributed by atoms with Crippen molar-refractivity contribution in [3.63, 3.8) is 0 Å². The lowest BCUT2D eigenvalue weighted by Gasteiger charge is -2.25. The van der Waals surface area contributed by atoms with Gasteiger partial charge in [0.15, 0.2) is 11.4 Å². The topological polar surface area (TPSA) is 99.0 Å². The molecule has 43 heavy (non-hydrogen) atoms. The summed E-state index contributed by atoms with van der Waals surface area (Å²) in [5, 5.41) is 2.78. The molecule has 0 spiro atoms. The van der Waals surface area contributed by atoms with E-state index in [9.17, 15) is 14.4 Å². The summed E-state index contributed by atoms with van der Waals surface area (Å²) in [5.74, 6) is 0.133. The Morgan fingerprint density at radius 2 is 1.72 bits per heavy atom. The number of anilines is 1. The third kappa shape index (κ3) is 6.67. The second kappa shape index (κ2) is 13.0. The molecule has 220 valence electrons. The number of rotatable bonds is 9. The second-order valence-electron chi connectivity index (χ2n) is 10.4. The van der Waals surface area contributed by atoms with E-state index in [0.29, 0.717) is 38.0 Å². The van der Waals surface area contributed by atoms with Crippen molar-refractivity contribution in [3.8, 4) is 5.75 Å². The van der Waals surface area contributed by atoms with Crippen molar-refractivity contribution in [2.24, 2.45) is 4.99 Å². The van der Waals surface area contributed by atoms with Crippen LogP contribution in [0.1, 0.15) is 56.3 Å². The lowest BCUT2D eigenvalue weighted by Crippen LogP contribution is -2.39. The van der Waals surface area contributed by atoms with E-state index in [2.05, 4.69) is 24.2 Å². The number of hydrogen-bond acceptors (Lipinski definition) is 7. The maximum Gasteiger partial charge on any atom is 0.338 e. The summed E-state index contributed by atoms with van der Waals surface area (Å²) in [5.41, 5.74) is 4.11. The number of nitrogens with zero attached hydrogens (tertiary/aromatic N) is 2. The minimum absolute atomic E-state index is 0.132. The number of esters is 1. The quantitative estimate of drug-likeness (QED) is 0.277. The molecule has 1 aliphatic rings. The summed E-state index contributed by atoms with van der Waals surface area (Å²) in [4.78, 5) is 44.3. The van der Waals surface area contributed by atoms with Crippen molar-refractivity contribution in [3.05, 3.63) is 127 Å². The number of carbonyl (C=O) groups excluding carboxylic acids is 2. The van der Waals surface area contributed by atoms with Crippen LogP contribution in [-0.4, -0.2) is 29.7 Å². The maximum atomic E-state index is 13.8. The zero-order valence-corrected chi connectivity index (χ0v) is 25.3. The predicted molar refractivity (Wildman–Crippen MR) is 168 cm³/mol. The third-order valence-electron chi connectivity index (χ3n) is 7.04. The first-order chi connectivity index (χ1) is 20.7. The van der Waals surface area contributed by atoms with Gasteiger partial charge in [-0.2, -0.15) is 0 Å². The van der Waals surface area contributed by atoms with Gasteiger partial charge in [-0.1, -0.05) is 79.8 Å². The Hall–Kier alpha value is -4.76. The molecule has 1 amide bonds. The molecule has 8 nitrogen and oxygen atoms in total. The largest absolute Gasteiger partial charge is 0.484 e. The van der Waals surface area contributed by atoms with Crippen molar-refractivity contribution in [2.45, 2.75) is 39.7 Å². The number of amides is 1. The number of fused-ring (bicyclic) bond motifs is 1. The highest BCUT2D eigenvalue weighted by Gasteiger charge is 2.33. The van der Waals surface area contributed by atoms with Crippen LogP contribution >= 0.6 is 11.3 Å². The molecule has 1 unspecified atom stereocenters. The summed E-state index contributed by atoms with van der Waals surface area (Å²) >= 11 is 1.27. The average molecular weight is 596 g/mol. The van der Waals surface area contributed by atoms with Crippen LogP contribution in [0.3, 0.4) is 0 Å². The minimum Gasteiger partial charge on any atom is -0.484 e. The van der Waals surface area contributed by atoms with Gasteiger partial charge in [-0.3, -0.25) is 14.2 Å². The summed E-state index contributed by atoms with van der Waals surface area (Å²) < 4.78 is 13.1. The maximum absolute atomic E-state index is 13.8. The number of hydrogen-bond donors (Lipinski definition) is 1. The number of nitrogens with one attached hydrogen (secondary N) is 1. The van der Waals surface area contributed by atoms with Crippen LogP contribution in [0.2, 0.25) is 0 Å². The summed E-state index contributed by atoms with van der Waals surface area (Å²) in [6, 6.07) is 23.7. The van der Waals surface area contributed by atoms with Gasteiger partial charge in [-0.25, -0.2) is 9.79 Å². The number of para-hydroxylation sites is 1. The third-order valence-corrected chi connectivity index (χ3v) is 8.02. The molecule has 1 N–H and O–H groups in total. The van der Waals surface area contributed by atoms with Crippen molar-refractivity contribution in [1.29, 1.82) is 0 Å². The Morgan fingerprint density at radius 1 is 1.02 bits per heavy atom. The lowest BCUT2D eigenvalue weighted by atomic mass is 9.93. The van der Waals surface area contributed by atoms with Gasteiger partial charge in [-0.05, 0) is 66.8 Å². The summed E-state index contributed by atoms with van der Waals surface area (Å²) in [6.07, 6.45) is 1.79. The number of benzene rings is 3. The van der Waals surface area contributed by atoms with Gasteiger partial charge in [0.05, 0.1) is 28.5 Å². The van der Waals surface area contributed by atoms with E-state index in [0.717, 1.165) is 11.1 Å². The Labute approximate surface area is 253 Å². The molecular weight excluding hydrogens is 562 g/mol. The Morgan fingerprint density at radius 3 is 2.37 bits per heavy atom. The highest BCUT2D eigenvalue weighted by molar-refractivity contribution is 7.07. The number of ether oxygens (including phenoxy) is 2. The van der Waals surface area contributed by atoms with E-state index in [1.165, 1.54) is 16.9 Å². The second-order valence-corrected chi connectivity index (χ2v) is 11.4. The fourth-order valence-corrected chi connectivity index (χ4v) is 5.90. The van der Waals surface area contributed by atoms with Gasteiger partial charge in [0.1, 0.15) is 5.75 Å². The zero-order valence-electron chi connectivity index (χ0n) is 24.5. The van der Waals surface area contributed by atoms with Crippen molar-refractivity contribution < 1.29 is 19.1 Å². The molecule has 9 heteroatoms. The van der Waals surface area contributed by atoms with E-state index >= 15 is 0 Å². The predicted octanol–water partition coefficient (Wildman–Crippen LogP) is 4.94. The molecule has 1 aromatic heterocycles. The zero-order chi connectivity index (χ0) is 30.5. The summed E-state index contributed by atoms with van der Waals surface area (Å²) in [6.45, 7) is 7.85. The minimum atomic E-state index is -0.656. The molecule has 1 aliphatic heterocycles. The van der Waals surface area contributed by atoms with Gasteiger partial charge in [0.2, 0.25) is 0 Å². The number of allylic oxidation sites excluding steroid dienone is 1. The molecule has 3 aromatic carbocycles. The van der Waals surface area contributed by atoms with E-state index in [1.807, 2.05) is 54.6 Å². The molecule has 0 aliphatic carbocycles. The van der Waals surface area contributed by atoms with Crippen LogP contribution in [0.25, 0.3) is 6.08 Å². The van der Waals surface area contributed by atoms with E-state index in [1.54, 1.807) is 48.8 Å². The Bertz CT molecular complexity index is 1840. The smallest absolute Gasteiger partial charge is 0.338 e. The lowest BCUT2D eigenvalue weighted by molar-refractivity contribution is -0.139. The van der Waals surface area contributed by atoms with Crippen LogP contribution in [-0.2, 0) is 14.3 Å².